The number of carbonyl (C=O) groups excluding carboxylic acids is 2. The highest BCUT2D eigenvalue weighted by molar-refractivity contribution is 8.18. The van der Waals surface area contributed by atoms with Crippen LogP contribution in [0.25, 0.3) is 11.8 Å². The summed E-state index contributed by atoms with van der Waals surface area (Å²) in [5.74, 6) is 1.76. The van der Waals surface area contributed by atoms with Gasteiger partial charge in [-0.05, 0) is 74.2 Å². The van der Waals surface area contributed by atoms with Crippen molar-refractivity contribution in [1.82, 2.24) is 9.47 Å². The zero-order valence-corrected chi connectivity index (χ0v) is 18.7. The predicted octanol–water partition coefficient (Wildman–Crippen LogP) is 5.44. The molecule has 2 aliphatic heterocycles. The molecule has 1 saturated carbocycles. The Hall–Kier alpha value is -2.67. The van der Waals surface area contributed by atoms with E-state index in [4.69, 9.17) is 9.47 Å². The third-order valence-corrected chi connectivity index (χ3v) is 7.32. The van der Waals surface area contributed by atoms with Crippen LogP contribution in [0.3, 0.4) is 0 Å². The van der Waals surface area contributed by atoms with Crippen LogP contribution in [0.15, 0.2) is 29.2 Å². The van der Waals surface area contributed by atoms with Gasteiger partial charge >= 0.3 is 0 Å². The number of ether oxygens (including phenoxy) is 2. The Morgan fingerprint density at radius 3 is 2.65 bits per heavy atom. The lowest BCUT2D eigenvalue weighted by Gasteiger charge is -2.25. The van der Waals surface area contributed by atoms with E-state index < -0.39 is 0 Å². The minimum atomic E-state index is -0.159. The van der Waals surface area contributed by atoms with Crippen LogP contribution in [-0.2, 0) is 4.79 Å². The van der Waals surface area contributed by atoms with Gasteiger partial charge in [0, 0.05) is 29.7 Å². The van der Waals surface area contributed by atoms with Crippen molar-refractivity contribution in [3.63, 3.8) is 0 Å². The first-order valence-electron chi connectivity index (χ1n) is 10.9. The SMILES string of the molecule is Cc1cc(/C=C2/SC(=O)N(CC3CCCCC3)C2=O)c(C)n1-c1ccc2c(c1)OCO2. The minimum absolute atomic E-state index is 0.147. The van der Waals surface area contributed by atoms with Crippen LogP contribution in [0.2, 0.25) is 0 Å². The molecule has 0 radical (unpaired) electrons. The van der Waals surface area contributed by atoms with Gasteiger partial charge in [0.2, 0.25) is 6.79 Å². The van der Waals surface area contributed by atoms with Crippen molar-refractivity contribution >= 4 is 29.0 Å². The van der Waals surface area contributed by atoms with Crippen molar-refractivity contribution in [3.05, 3.63) is 46.1 Å². The molecule has 162 valence electrons. The van der Waals surface area contributed by atoms with Crippen LogP contribution in [-0.4, -0.2) is 34.0 Å². The van der Waals surface area contributed by atoms with E-state index in [0.29, 0.717) is 17.4 Å². The summed E-state index contributed by atoms with van der Waals surface area (Å²) >= 11 is 1.05. The van der Waals surface area contributed by atoms with E-state index in [1.54, 1.807) is 0 Å². The molecule has 2 aromatic rings. The van der Waals surface area contributed by atoms with E-state index in [1.807, 2.05) is 38.1 Å². The van der Waals surface area contributed by atoms with E-state index in [2.05, 4.69) is 10.6 Å². The summed E-state index contributed by atoms with van der Waals surface area (Å²) < 4.78 is 13.1. The van der Waals surface area contributed by atoms with Crippen molar-refractivity contribution < 1.29 is 19.1 Å². The summed E-state index contributed by atoms with van der Waals surface area (Å²) in [5.41, 5.74) is 3.97. The maximum Gasteiger partial charge on any atom is 0.293 e. The first-order valence-corrected chi connectivity index (χ1v) is 11.7. The molecule has 0 bridgehead atoms. The van der Waals surface area contributed by atoms with Gasteiger partial charge in [-0.3, -0.25) is 14.5 Å². The molecule has 3 aliphatic rings. The molecule has 1 saturated heterocycles. The van der Waals surface area contributed by atoms with E-state index in [0.717, 1.165) is 58.7 Å². The maximum atomic E-state index is 13.0. The van der Waals surface area contributed by atoms with Gasteiger partial charge in [-0.1, -0.05) is 19.3 Å². The average Bonchev–Trinajstić information content (AvgIpc) is 3.41. The van der Waals surface area contributed by atoms with Crippen LogP contribution in [0, 0.1) is 19.8 Å². The second-order valence-electron chi connectivity index (χ2n) is 8.50. The summed E-state index contributed by atoms with van der Waals surface area (Å²) in [4.78, 5) is 27.5. The van der Waals surface area contributed by atoms with Crippen LogP contribution < -0.4 is 9.47 Å². The lowest BCUT2D eigenvalue weighted by atomic mass is 9.89. The van der Waals surface area contributed by atoms with Gasteiger partial charge in [-0.15, -0.1) is 0 Å². The number of aryl methyl sites for hydroxylation is 1. The molecule has 31 heavy (non-hydrogen) atoms. The zero-order chi connectivity index (χ0) is 21.5. The highest BCUT2D eigenvalue weighted by atomic mass is 32.2. The summed E-state index contributed by atoms with van der Waals surface area (Å²) in [6.45, 7) is 4.85. The smallest absolute Gasteiger partial charge is 0.293 e. The minimum Gasteiger partial charge on any atom is -0.454 e. The van der Waals surface area contributed by atoms with E-state index in [1.165, 1.54) is 24.2 Å². The largest absolute Gasteiger partial charge is 0.454 e. The van der Waals surface area contributed by atoms with Crippen molar-refractivity contribution in [2.45, 2.75) is 46.0 Å². The highest BCUT2D eigenvalue weighted by Gasteiger charge is 2.36. The molecule has 5 rings (SSSR count). The zero-order valence-electron chi connectivity index (χ0n) is 17.8. The van der Waals surface area contributed by atoms with Gasteiger partial charge in [0.25, 0.3) is 11.1 Å². The summed E-state index contributed by atoms with van der Waals surface area (Å²) in [5, 5.41) is -0.147. The van der Waals surface area contributed by atoms with Crippen LogP contribution in [0.4, 0.5) is 4.79 Å². The first kappa shape index (κ1) is 20.2. The summed E-state index contributed by atoms with van der Waals surface area (Å²) in [6.07, 6.45) is 7.73. The second kappa shape index (κ2) is 8.11. The average molecular weight is 439 g/mol. The molecule has 0 spiro atoms. The molecule has 1 aliphatic carbocycles. The molecule has 3 heterocycles. The molecule has 1 aromatic carbocycles. The number of aromatic nitrogens is 1. The normalized spacial score (nSPS) is 20.3. The fourth-order valence-electron chi connectivity index (χ4n) is 4.78. The van der Waals surface area contributed by atoms with Gasteiger partial charge in [-0.2, -0.15) is 0 Å². The predicted molar refractivity (Wildman–Crippen MR) is 121 cm³/mol. The Morgan fingerprint density at radius 2 is 1.84 bits per heavy atom. The lowest BCUT2D eigenvalue weighted by molar-refractivity contribution is -0.123. The molecular weight excluding hydrogens is 412 g/mol. The number of hydrogen-bond acceptors (Lipinski definition) is 5. The fourth-order valence-corrected chi connectivity index (χ4v) is 5.62. The molecule has 0 atom stereocenters. The standard InChI is InChI=1S/C24H26N2O4S/c1-15-10-18(16(2)26(15)19-8-9-20-21(12-19)30-14-29-20)11-22-23(27)25(24(28)31-22)13-17-6-4-3-5-7-17/h8-12,17H,3-7,13-14H2,1-2H3/b22-11+. The van der Waals surface area contributed by atoms with Crippen molar-refractivity contribution in [2.24, 2.45) is 5.92 Å². The Labute approximate surface area is 186 Å². The molecule has 2 fully saturated rings. The van der Waals surface area contributed by atoms with Crippen LogP contribution in [0.1, 0.15) is 49.1 Å². The van der Waals surface area contributed by atoms with Crippen LogP contribution in [0.5, 0.6) is 11.5 Å². The lowest BCUT2D eigenvalue weighted by Crippen LogP contribution is -2.34. The third kappa shape index (κ3) is 3.76. The Balaban J connectivity index is 1.40. The molecule has 7 heteroatoms. The topological polar surface area (TPSA) is 60.8 Å². The maximum absolute atomic E-state index is 13.0. The van der Waals surface area contributed by atoms with Crippen LogP contribution >= 0.6 is 11.8 Å². The van der Waals surface area contributed by atoms with E-state index >= 15 is 0 Å². The number of fused-ring (bicyclic) bond motifs is 1. The monoisotopic (exact) mass is 438 g/mol. The van der Waals surface area contributed by atoms with Gasteiger partial charge < -0.3 is 14.0 Å². The van der Waals surface area contributed by atoms with Crippen molar-refractivity contribution in [1.29, 1.82) is 0 Å². The number of carbonyl (C=O) groups is 2. The second-order valence-corrected chi connectivity index (χ2v) is 9.49. The molecule has 0 N–H and O–H groups in total. The molecule has 6 nitrogen and oxygen atoms in total. The Kier molecular flexibility index (Phi) is 5.30. The number of benzene rings is 1. The van der Waals surface area contributed by atoms with Gasteiger partial charge in [0.1, 0.15) is 0 Å². The Morgan fingerprint density at radius 1 is 1.06 bits per heavy atom. The number of rotatable bonds is 4. The molecule has 1 aromatic heterocycles. The van der Waals surface area contributed by atoms with Gasteiger partial charge in [0.05, 0.1) is 4.91 Å². The number of thioether (sulfide) groups is 1. The number of nitrogens with zero attached hydrogens (tertiary/aromatic N) is 2. The first-order chi connectivity index (χ1) is 15.0. The van der Waals surface area contributed by atoms with Crippen molar-refractivity contribution in [2.75, 3.05) is 13.3 Å². The van der Waals surface area contributed by atoms with Gasteiger partial charge in [-0.25, -0.2) is 0 Å². The summed E-state index contributed by atoms with van der Waals surface area (Å²) in [7, 11) is 0. The molecule has 2 amide bonds. The summed E-state index contributed by atoms with van der Waals surface area (Å²) in [6, 6.07) is 7.92. The molecule has 0 unspecified atom stereocenters. The fraction of sp³-hybridized carbons (Fsp3) is 0.417. The molecular formula is C24H26N2O4S. The Bertz CT molecular complexity index is 1080. The quantitative estimate of drug-likeness (QED) is 0.595. The van der Waals surface area contributed by atoms with Crippen molar-refractivity contribution in [3.8, 4) is 17.2 Å². The van der Waals surface area contributed by atoms with Gasteiger partial charge in [0.15, 0.2) is 11.5 Å². The highest BCUT2D eigenvalue weighted by Crippen LogP contribution is 2.37. The number of amides is 2. The third-order valence-electron chi connectivity index (χ3n) is 6.41. The number of hydrogen-bond donors (Lipinski definition) is 0. The van der Waals surface area contributed by atoms with E-state index in [9.17, 15) is 9.59 Å². The number of imide groups is 1. The van der Waals surface area contributed by atoms with E-state index in [-0.39, 0.29) is 17.9 Å².